The maximum Gasteiger partial charge on any atom is 0.249 e. The Morgan fingerprint density at radius 2 is 2.00 bits per heavy atom. The molecule has 0 aliphatic heterocycles. The zero-order chi connectivity index (χ0) is 13.7. The maximum absolute atomic E-state index is 12.7. The third-order valence-electron chi connectivity index (χ3n) is 2.18. The molecular formula is C13H9ClFN3O. The molecule has 1 amide bonds. The summed E-state index contributed by atoms with van der Waals surface area (Å²) in [5.41, 5.74) is 0.720. The van der Waals surface area contributed by atoms with Gasteiger partial charge in [0.1, 0.15) is 23.1 Å². The predicted molar refractivity (Wildman–Crippen MR) is 71.1 cm³/mol. The summed E-state index contributed by atoms with van der Waals surface area (Å²) in [6.07, 6.45) is 4.14. The van der Waals surface area contributed by atoms with Gasteiger partial charge in [-0.1, -0.05) is 23.7 Å². The monoisotopic (exact) mass is 277 g/mol. The Bertz CT molecular complexity index is 614. The number of carbonyl (C=O) groups is 1. The highest BCUT2D eigenvalue weighted by atomic mass is 35.5. The molecule has 4 nitrogen and oxygen atoms in total. The topological polar surface area (TPSA) is 54.9 Å². The van der Waals surface area contributed by atoms with Gasteiger partial charge >= 0.3 is 0 Å². The van der Waals surface area contributed by atoms with Crippen molar-refractivity contribution in [3.63, 3.8) is 0 Å². The number of hydrogen-bond donors (Lipinski definition) is 1. The quantitative estimate of drug-likeness (QED) is 0.693. The lowest BCUT2D eigenvalue weighted by Crippen LogP contribution is -2.09. The number of nitrogens with one attached hydrogen (secondary N) is 1. The van der Waals surface area contributed by atoms with Crippen molar-refractivity contribution in [2.45, 2.75) is 0 Å². The van der Waals surface area contributed by atoms with E-state index in [0.717, 1.165) is 5.56 Å². The first kappa shape index (κ1) is 13.2. The fourth-order valence-corrected chi connectivity index (χ4v) is 1.46. The minimum Gasteiger partial charge on any atom is -0.307 e. The molecule has 0 aliphatic rings. The SMILES string of the molecule is O=C(/C=C/c1ccc(F)cc1)Nc1cc(Cl)ncn1. The molecule has 1 N–H and O–H groups in total. The summed E-state index contributed by atoms with van der Waals surface area (Å²) < 4.78 is 12.7. The molecule has 0 unspecified atom stereocenters. The number of carbonyl (C=O) groups excluding carboxylic acids is 1. The summed E-state index contributed by atoms with van der Waals surface area (Å²) in [6.45, 7) is 0. The maximum atomic E-state index is 12.7. The number of benzene rings is 1. The van der Waals surface area contributed by atoms with E-state index in [1.165, 1.54) is 30.6 Å². The average molecular weight is 278 g/mol. The Morgan fingerprint density at radius 1 is 1.26 bits per heavy atom. The van der Waals surface area contributed by atoms with E-state index in [1.807, 2.05) is 0 Å². The fourth-order valence-electron chi connectivity index (χ4n) is 1.32. The van der Waals surface area contributed by atoms with Crippen LogP contribution in [0.2, 0.25) is 5.15 Å². The first-order chi connectivity index (χ1) is 9.13. The Morgan fingerprint density at radius 3 is 2.68 bits per heavy atom. The van der Waals surface area contributed by atoms with Crippen molar-refractivity contribution in [1.29, 1.82) is 0 Å². The van der Waals surface area contributed by atoms with Gasteiger partial charge in [-0.2, -0.15) is 0 Å². The molecule has 19 heavy (non-hydrogen) atoms. The first-order valence-electron chi connectivity index (χ1n) is 5.36. The largest absolute Gasteiger partial charge is 0.307 e. The number of hydrogen-bond acceptors (Lipinski definition) is 3. The highest BCUT2D eigenvalue weighted by molar-refractivity contribution is 6.29. The fraction of sp³-hybridized carbons (Fsp3) is 0. The standard InChI is InChI=1S/C13H9ClFN3O/c14-11-7-12(17-8-16-11)18-13(19)6-3-9-1-4-10(15)5-2-9/h1-8H,(H,16,17,18,19)/b6-3+. The van der Waals surface area contributed by atoms with E-state index in [1.54, 1.807) is 18.2 Å². The summed E-state index contributed by atoms with van der Waals surface area (Å²) in [6, 6.07) is 7.22. The Labute approximate surface area is 114 Å². The summed E-state index contributed by atoms with van der Waals surface area (Å²) >= 11 is 5.66. The van der Waals surface area contributed by atoms with Gasteiger partial charge in [0.2, 0.25) is 5.91 Å². The van der Waals surface area contributed by atoms with E-state index < -0.39 is 0 Å². The van der Waals surface area contributed by atoms with Crippen LogP contribution in [0.25, 0.3) is 6.08 Å². The van der Waals surface area contributed by atoms with E-state index in [4.69, 9.17) is 11.6 Å². The van der Waals surface area contributed by atoms with Crippen molar-refractivity contribution in [3.05, 3.63) is 59.3 Å². The molecule has 96 valence electrons. The van der Waals surface area contributed by atoms with Crippen LogP contribution >= 0.6 is 11.6 Å². The zero-order valence-corrected chi connectivity index (χ0v) is 10.4. The van der Waals surface area contributed by atoms with Crippen molar-refractivity contribution in [2.75, 3.05) is 5.32 Å². The van der Waals surface area contributed by atoms with E-state index >= 15 is 0 Å². The molecule has 0 bridgehead atoms. The Hall–Kier alpha value is -2.27. The van der Waals surface area contributed by atoms with Gasteiger partial charge in [-0.25, -0.2) is 14.4 Å². The molecule has 0 radical (unpaired) electrons. The molecule has 0 spiro atoms. The van der Waals surface area contributed by atoms with Gasteiger partial charge in [0.25, 0.3) is 0 Å². The van der Waals surface area contributed by atoms with Crippen molar-refractivity contribution in [1.82, 2.24) is 9.97 Å². The minimum atomic E-state index is -0.362. The predicted octanol–water partition coefficient (Wildman–Crippen LogP) is 2.92. The molecule has 1 aromatic carbocycles. The molecule has 0 atom stereocenters. The van der Waals surface area contributed by atoms with E-state index in [9.17, 15) is 9.18 Å². The molecule has 1 aromatic heterocycles. The highest BCUT2D eigenvalue weighted by Gasteiger charge is 2.00. The van der Waals surface area contributed by atoms with Crippen LogP contribution in [0.1, 0.15) is 5.56 Å². The summed E-state index contributed by atoms with van der Waals surface area (Å²) in [7, 11) is 0. The van der Waals surface area contributed by atoms with Gasteiger partial charge in [0, 0.05) is 12.1 Å². The first-order valence-corrected chi connectivity index (χ1v) is 5.73. The third-order valence-corrected chi connectivity index (χ3v) is 2.39. The number of halogens is 2. The van der Waals surface area contributed by atoms with Crippen LogP contribution in [0.3, 0.4) is 0 Å². The van der Waals surface area contributed by atoms with Crippen LogP contribution in [0.15, 0.2) is 42.7 Å². The van der Waals surface area contributed by atoms with E-state index in [-0.39, 0.29) is 16.9 Å². The van der Waals surface area contributed by atoms with Crippen molar-refractivity contribution >= 4 is 29.4 Å². The second kappa shape index (κ2) is 6.06. The molecule has 1 heterocycles. The van der Waals surface area contributed by atoms with Crippen LogP contribution in [0.4, 0.5) is 10.2 Å². The Balaban J connectivity index is 1.99. The number of rotatable bonds is 3. The minimum absolute atomic E-state index is 0.243. The van der Waals surface area contributed by atoms with Gasteiger partial charge in [-0.05, 0) is 23.8 Å². The number of amides is 1. The lowest BCUT2D eigenvalue weighted by atomic mass is 10.2. The second-order valence-corrected chi connectivity index (χ2v) is 3.99. The van der Waals surface area contributed by atoms with Gasteiger partial charge in [-0.3, -0.25) is 4.79 Å². The summed E-state index contributed by atoms with van der Waals surface area (Å²) in [4.78, 5) is 19.1. The Kier molecular flexibility index (Phi) is 4.20. The number of aromatic nitrogens is 2. The van der Waals surface area contributed by atoms with Gasteiger partial charge in [0.15, 0.2) is 0 Å². The summed E-state index contributed by atoms with van der Waals surface area (Å²) in [5.74, 6) is -0.370. The molecule has 2 rings (SSSR count). The summed E-state index contributed by atoms with van der Waals surface area (Å²) in [5, 5.41) is 2.77. The molecule has 0 saturated carbocycles. The van der Waals surface area contributed by atoms with Crippen LogP contribution in [-0.4, -0.2) is 15.9 Å². The smallest absolute Gasteiger partial charge is 0.249 e. The average Bonchev–Trinajstić information content (AvgIpc) is 2.38. The van der Waals surface area contributed by atoms with Crippen LogP contribution < -0.4 is 5.32 Å². The lowest BCUT2D eigenvalue weighted by molar-refractivity contribution is -0.111. The zero-order valence-electron chi connectivity index (χ0n) is 9.68. The molecular weight excluding hydrogens is 269 g/mol. The number of nitrogens with zero attached hydrogens (tertiary/aromatic N) is 2. The van der Waals surface area contributed by atoms with E-state index in [2.05, 4.69) is 15.3 Å². The van der Waals surface area contributed by atoms with Gasteiger partial charge in [-0.15, -0.1) is 0 Å². The van der Waals surface area contributed by atoms with Gasteiger partial charge < -0.3 is 5.32 Å². The van der Waals surface area contributed by atoms with Crippen molar-refractivity contribution in [3.8, 4) is 0 Å². The molecule has 0 saturated heterocycles. The second-order valence-electron chi connectivity index (χ2n) is 3.60. The molecule has 0 fully saturated rings. The van der Waals surface area contributed by atoms with Crippen molar-refractivity contribution < 1.29 is 9.18 Å². The van der Waals surface area contributed by atoms with Crippen LogP contribution in [0.5, 0.6) is 0 Å². The van der Waals surface area contributed by atoms with E-state index in [0.29, 0.717) is 5.82 Å². The number of anilines is 1. The van der Waals surface area contributed by atoms with Crippen LogP contribution in [0, 0.1) is 5.82 Å². The lowest BCUT2D eigenvalue weighted by Gasteiger charge is -2.00. The van der Waals surface area contributed by atoms with Crippen molar-refractivity contribution in [2.24, 2.45) is 0 Å². The third kappa shape index (κ3) is 4.15. The molecule has 0 aliphatic carbocycles. The molecule has 6 heteroatoms. The molecule has 2 aromatic rings. The normalized spacial score (nSPS) is 10.6. The van der Waals surface area contributed by atoms with Gasteiger partial charge in [0.05, 0.1) is 0 Å². The highest BCUT2D eigenvalue weighted by Crippen LogP contribution is 2.09. The van der Waals surface area contributed by atoms with Crippen LogP contribution in [-0.2, 0) is 4.79 Å².